The van der Waals surface area contributed by atoms with E-state index in [0.29, 0.717) is 30.1 Å². The van der Waals surface area contributed by atoms with Crippen LogP contribution < -0.4 is 9.47 Å². The molecule has 3 rings (SSSR count). The lowest BCUT2D eigenvalue weighted by Gasteiger charge is -2.21. The second-order valence-corrected chi connectivity index (χ2v) is 12.6. The van der Waals surface area contributed by atoms with Gasteiger partial charge in [-0.25, -0.2) is 16.8 Å². The van der Waals surface area contributed by atoms with Crippen molar-refractivity contribution >= 4 is 42.0 Å². The highest BCUT2D eigenvalue weighted by atomic mass is 32.3. The Morgan fingerprint density at radius 2 is 1.57 bits per heavy atom. The lowest BCUT2D eigenvalue weighted by Crippen LogP contribution is -2.25. The summed E-state index contributed by atoms with van der Waals surface area (Å²) >= 11 is 0. The van der Waals surface area contributed by atoms with Gasteiger partial charge >= 0.3 is 5.51 Å². The summed E-state index contributed by atoms with van der Waals surface area (Å²) in [7, 11) is -9.99. The molecule has 1 saturated heterocycles. The SMILES string of the molecule is COCCOc1cccc2c(OCCOS(=O)(=O)[N-]S(=O)(=O)C(F)(F)F)ccc([S+]3CCCC3)c12. The summed E-state index contributed by atoms with van der Waals surface area (Å²) in [6.45, 7) is -0.412. The fourth-order valence-electron chi connectivity index (χ4n) is 3.39. The Labute approximate surface area is 204 Å². The van der Waals surface area contributed by atoms with Crippen molar-refractivity contribution in [1.82, 2.24) is 0 Å². The highest BCUT2D eigenvalue weighted by Crippen LogP contribution is 2.40. The molecule has 1 aliphatic heterocycles. The summed E-state index contributed by atoms with van der Waals surface area (Å²) in [6, 6.07) is 9.09. The molecule has 0 spiro atoms. The van der Waals surface area contributed by atoms with Crippen LogP contribution in [-0.4, -0.2) is 67.4 Å². The zero-order valence-electron chi connectivity index (χ0n) is 18.6. The van der Waals surface area contributed by atoms with E-state index in [1.807, 2.05) is 22.3 Å². The average Bonchev–Trinajstić information content (AvgIpc) is 3.30. The first kappa shape index (κ1) is 27.8. The summed E-state index contributed by atoms with van der Waals surface area (Å²) in [6.07, 6.45) is 2.27. The van der Waals surface area contributed by atoms with Gasteiger partial charge in [0.05, 0.1) is 18.6 Å². The molecule has 0 aliphatic carbocycles. The Balaban J connectivity index is 1.76. The molecule has 0 unspecified atom stereocenters. The molecule has 0 saturated carbocycles. The highest BCUT2D eigenvalue weighted by Gasteiger charge is 2.40. The molecule has 15 heteroatoms. The molecule has 2 aromatic rings. The number of sulfonamides is 1. The number of nitrogens with zero attached hydrogens (tertiary/aromatic N) is 1. The quantitative estimate of drug-likeness (QED) is 0.286. The zero-order chi connectivity index (χ0) is 25.7. The van der Waals surface area contributed by atoms with Crippen molar-refractivity contribution in [2.45, 2.75) is 23.2 Å². The van der Waals surface area contributed by atoms with E-state index in [-0.39, 0.29) is 10.9 Å². The average molecular weight is 560 g/mol. The van der Waals surface area contributed by atoms with Crippen LogP contribution in [0.1, 0.15) is 12.8 Å². The second kappa shape index (κ2) is 11.5. The van der Waals surface area contributed by atoms with E-state index in [2.05, 4.69) is 4.18 Å². The van der Waals surface area contributed by atoms with Crippen LogP contribution in [-0.2, 0) is 40.1 Å². The monoisotopic (exact) mass is 559 g/mol. The van der Waals surface area contributed by atoms with E-state index in [4.69, 9.17) is 14.2 Å². The van der Waals surface area contributed by atoms with Crippen LogP contribution in [0.25, 0.3) is 14.9 Å². The Bertz CT molecular complexity index is 1230. The zero-order valence-corrected chi connectivity index (χ0v) is 21.1. The number of hydrogen-bond donors (Lipinski definition) is 0. The topological polar surface area (TPSA) is 119 Å². The summed E-state index contributed by atoms with van der Waals surface area (Å²) < 4.78 is 105. The van der Waals surface area contributed by atoms with E-state index in [9.17, 15) is 30.0 Å². The van der Waals surface area contributed by atoms with Gasteiger partial charge in [-0.05, 0) is 31.0 Å². The van der Waals surface area contributed by atoms with E-state index in [0.717, 1.165) is 34.6 Å². The molecule has 2 aromatic carbocycles. The molecule has 0 radical (unpaired) electrons. The first-order chi connectivity index (χ1) is 16.5. The molecule has 0 bridgehead atoms. The molecule has 1 fully saturated rings. The van der Waals surface area contributed by atoms with Gasteiger partial charge in [0, 0.05) is 23.4 Å². The maximum atomic E-state index is 12.4. The van der Waals surface area contributed by atoms with Crippen LogP contribution in [0.2, 0.25) is 0 Å². The minimum absolute atomic E-state index is 0.0405. The van der Waals surface area contributed by atoms with Gasteiger partial charge in [0.15, 0.2) is 14.9 Å². The third kappa shape index (κ3) is 7.13. The van der Waals surface area contributed by atoms with Gasteiger partial charge in [0.25, 0.3) is 0 Å². The van der Waals surface area contributed by atoms with E-state index in [1.165, 1.54) is 0 Å². The number of fused-ring (bicyclic) bond motifs is 1. The molecule has 0 amide bonds. The summed E-state index contributed by atoms with van der Waals surface area (Å²) in [5.74, 6) is 3.16. The van der Waals surface area contributed by atoms with Crippen molar-refractivity contribution in [1.29, 1.82) is 0 Å². The first-order valence-electron chi connectivity index (χ1n) is 10.4. The van der Waals surface area contributed by atoms with Crippen LogP contribution >= 0.6 is 0 Å². The number of methoxy groups -OCH3 is 1. The Hall–Kier alpha value is -1.78. The molecule has 1 aliphatic rings. The van der Waals surface area contributed by atoms with Gasteiger partial charge in [-0.1, -0.05) is 12.1 Å². The van der Waals surface area contributed by atoms with Crippen molar-refractivity contribution in [2.24, 2.45) is 0 Å². The van der Waals surface area contributed by atoms with Crippen LogP contribution in [0.5, 0.6) is 11.5 Å². The van der Waals surface area contributed by atoms with Crippen molar-refractivity contribution in [3.05, 3.63) is 34.5 Å². The van der Waals surface area contributed by atoms with Gasteiger partial charge in [-0.3, -0.25) is 4.18 Å². The molecule has 196 valence electrons. The molecular weight excluding hydrogens is 535 g/mol. The number of alkyl halides is 3. The van der Waals surface area contributed by atoms with Crippen LogP contribution in [0, 0.1) is 0 Å². The lowest BCUT2D eigenvalue weighted by atomic mass is 10.1. The van der Waals surface area contributed by atoms with E-state index >= 15 is 0 Å². The van der Waals surface area contributed by atoms with Crippen LogP contribution in [0.3, 0.4) is 0 Å². The van der Waals surface area contributed by atoms with E-state index < -0.39 is 39.0 Å². The molecule has 0 N–H and O–H groups in total. The Morgan fingerprint density at radius 3 is 2.23 bits per heavy atom. The predicted molar refractivity (Wildman–Crippen MR) is 125 cm³/mol. The molecule has 35 heavy (non-hydrogen) atoms. The Kier molecular flexibility index (Phi) is 9.15. The summed E-state index contributed by atoms with van der Waals surface area (Å²) in [4.78, 5) is 1.13. The van der Waals surface area contributed by atoms with Crippen molar-refractivity contribution < 1.29 is 48.4 Å². The lowest BCUT2D eigenvalue weighted by molar-refractivity contribution is -0.0425. The third-order valence-corrected chi connectivity index (χ3v) is 9.96. The standard InChI is InChI=1S/C20H24F3NO8S3/c1-29-9-10-31-17-6-4-5-15-16(7-8-18(19(15)17)33-13-2-3-14-33)30-11-12-32-35(27,28)24-34(25,26)20(21,22)23/h4-8H,2-3,9-14H2,1H3. The van der Waals surface area contributed by atoms with Gasteiger partial charge in [-0.15, -0.1) is 0 Å². The van der Waals surface area contributed by atoms with Crippen LogP contribution in [0.4, 0.5) is 13.2 Å². The van der Waals surface area contributed by atoms with Crippen molar-refractivity contribution in [3.8, 4) is 11.5 Å². The summed E-state index contributed by atoms with van der Waals surface area (Å²) in [5, 5.41) is 1.58. The normalized spacial score (nSPS) is 15.5. The van der Waals surface area contributed by atoms with E-state index in [1.54, 1.807) is 19.2 Å². The third-order valence-electron chi connectivity index (χ3n) is 4.87. The van der Waals surface area contributed by atoms with Gasteiger partial charge < -0.3 is 18.3 Å². The predicted octanol–water partition coefficient (Wildman–Crippen LogP) is 3.50. The van der Waals surface area contributed by atoms with Gasteiger partial charge in [0.2, 0.25) is 10.3 Å². The summed E-state index contributed by atoms with van der Waals surface area (Å²) in [5.41, 5.74) is -5.86. The molecule has 9 nitrogen and oxygen atoms in total. The molecule has 0 aromatic heterocycles. The minimum Gasteiger partial charge on any atom is -0.490 e. The van der Waals surface area contributed by atoms with Gasteiger partial charge in [0.1, 0.15) is 36.2 Å². The smallest absolute Gasteiger partial charge is 0.480 e. The van der Waals surface area contributed by atoms with Crippen molar-refractivity contribution in [3.63, 3.8) is 0 Å². The number of halogens is 3. The maximum Gasteiger partial charge on any atom is 0.480 e. The van der Waals surface area contributed by atoms with Gasteiger partial charge in [-0.2, -0.15) is 13.2 Å². The highest BCUT2D eigenvalue weighted by molar-refractivity contribution is 8.10. The number of ether oxygens (including phenoxy) is 3. The first-order valence-corrected chi connectivity index (χ1v) is 14.7. The number of hydrogen-bond acceptors (Lipinski definition) is 8. The fraction of sp³-hybridized carbons (Fsp3) is 0.500. The molecule has 1 heterocycles. The Morgan fingerprint density at radius 1 is 0.914 bits per heavy atom. The molecule has 0 atom stereocenters. The molecular formula is C20H24F3NO8S3. The fourth-order valence-corrected chi connectivity index (χ4v) is 7.65. The van der Waals surface area contributed by atoms with Crippen molar-refractivity contribution in [2.75, 3.05) is 45.0 Å². The minimum atomic E-state index is -6.25. The van der Waals surface area contributed by atoms with Crippen LogP contribution in [0.15, 0.2) is 35.2 Å². The second-order valence-electron chi connectivity index (χ2n) is 7.28. The number of rotatable bonds is 12. The maximum absolute atomic E-state index is 12.4. The largest absolute Gasteiger partial charge is 0.490 e. The number of benzene rings is 2.